The minimum absolute atomic E-state index is 1.08. The molecule has 0 spiro atoms. The molecule has 17 heavy (non-hydrogen) atoms. The first-order valence-electron chi connectivity index (χ1n) is 6.38. The van der Waals surface area contributed by atoms with Crippen LogP contribution in [-0.4, -0.2) is 18.6 Å². The Hall–Kier alpha value is -1.57. The van der Waals surface area contributed by atoms with Crippen molar-refractivity contribution in [1.82, 2.24) is 4.98 Å². The van der Waals surface area contributed by atoms with Gasteiger partial charge in [-0.05, 0) is 18.6 Å². The molecular weight excluding hydrogens is 208 g/mol. The zero-order chi connectivity index (χ0) is 12.1. The SMILES string of the molecule is CCCCCN(C)c1ccnc2ccccc12. The fourth-order valence-corrected chi connectivity index (χ4v) is 2.13. The maximum Gasteiger partial charge on any atom is 0.0722 e. The van der Waals surface area contributed by atoms with Gasteiger partial charge in [0.05, 0.1) is 5.52 Å². The lowest BCUT2D eigenvalue weighted by molar-refractivity contribution is 0.706. The van der Waals surface area contributed by atoms with Gasteiger partial charge in [0.1, 0.15) is 0 Å². The lowest BCUT2D eigenvalue weighted by Crippen LogP contribution is -2.18. The summed E-state index contributed by atoms with van der Waals surface area (Å²) in [7, 11) is 2.16. The van der Waals surface area contributed by atoms with E-state index in [0.717, 1.165) is 12.1 Å². The van der Waals surface area contributed by atoms with Gasteiger partial charge in [-0.25, -0.2) is 0 Å². The number of fused-ring (bicyclic) bond motifs is 1. The molecule has 0 atom stereocenters. The first kappa shape index (κ1) is 11.9. The summed E-state index contributed by atoms with van der Waals surface area (Å²) in [4.78, 5) is 6.73. The van der Waals surface area contributed by atoms with E-state index in [9.17, 15) is 0 Å². The highest BCUT2D eigenvalue weighted by molar-refractivity contribution is 5.91. The second-order valence-electron chi connectivity index (χ2n) is 4.48. The van der Waals surface area contributed by atoms with Crippen LogP contribution in [0.2, 0.25) is 0 Å². The van der Waals surface area contributed by atoms with Crippen molar-refractivity contribution >= 4 is 16.6 Å². The zero-order valence-electron chi connectivity index (χ0n) is 10.7. The number of anilines is 1. The van der Waals surface area contributed by atoms with Gasteiger partial charge in [-0.15, -0.1) is 0 Å². The van der Waals surface area contributed by atoms with Gasteiger partial charge < -0.3 is 4.90 Å². The third kappa shape index (κ3) is 2.76. The summed E-state index contributed by atoms with van der Waals surface area (Å²) in [5.41, 5.74) is 2.36. The normalized spacial score (nSPS) is 10.7. The Labute approximate surface area is 103 Å². The average Bonchev–Trinajstić information content (AvgIpc) is 2.38. The van der Waals surface area contributed by atoms with Crippen molar-refractivity contribution < 1.29 is 0 Å². The van der Waals surface area contributed by atoms with Crippen LogP contribution in [0.4, 0.5) is 5.69 Å². The molecular formula is C15H20N2. The van der Waals surface area contributed by atoms with Crippen LogP contribution >= 0.6 is 0 Å². The second kappa shape index (κ2) is 5.67. The number of rotatable bonds is 5. The van der Waals surface area contributed by atoms with Crippen molar-refractivity contribution in [3.8, 4) is 0 Å². The Morgan fingerprint density at radius 1 is 1.12 bits per heavy atom. The van der Waals surface area contributed by atoms with Gasteiger partial charge in [0, 0.05) is 30.9 Å². The molecule has 2 aromatic rings. The van der Waals surface area contributed by atoms with E-state index in [0.29, 0.717) is 0 Å². The van der Waals surface area contributed by atoms with Crippen molar-refractivity contribution in [1.29, 1.82) is 0 Å². The second-order valence-corrected chi connectivity index (χ2v) is 4.48. The van der Waals surface area contributed by atoms with Crippen molar-refractivity contribution in [2.24, 2.45) is 0 Å². The number of aromatic nitrogens is 1. The summed E-state index contributed by atoms with van der Waals surface area (Å²) in [5, 5.41) is 1.24. The summed E-state index contributed by atoms with van der Waals surface area (Å²) < 4.78 is 0. The van der Waals surface area contributed by atoms with E-state index in [-0.39, 0.29) is 0 Å². The average molecular weight is 228 g/mol. The van der Waals surface area contributed by atoms with Gasteiger partial charge >= 0.3 is 0 Å². The Bertz CT molecular complexity index is 474. The van der Waals surface area contributed by atoms with Crippen molar-refractivity contribution in [2.45, 2.75) is 26.2 Å². The lowest BCUT2D eigenvalue weighted by Gasteiger charge is -2.20. The molecule has 0 aliphatic carbocycles. The first-order chi connectivity index (χ1) is 8.33. The van der Waals surface area contributed by atoms with Crippen molar-refractivity contribution in [3.05, 3.63) is 36.5 Å². The summed E-state index contributed by atoms with van der Waals surface area (Å²) in [6, 6.07) is 10.4. The van der Waals surface area contributed by atoms with Crippen LogP contribution in [0.3, 0.4) is 0 Å². The van der Waals surface area contributed by atoms with Gasteiger partial charge in [0.2, 0.25) is 0 Å². The van der Waals surface area contributed by atoms with Crippen molar-refractivity contribution in [3.63, 3.8) is 0 Å². The fraction of sp³-hybridized carbons (Fsp3) is 0.400. The number of hydrogen-bond acceptors (Lipinski definition) is 2. The van der Waals surface area contributed by atoms with Gasteiger partial charge in [-0.2, -0.15) is 0 Å². The molecule has 2 nitrogen and oxygen atoms in total. The number of nitrogens with zero attached hydrogens (tertiary/aromatic N) is 2. The third-order valence-corrected chi connectivity index (χ3v) is 3.13. The maximum absolute atomic E-state index is 4.39. The molecule has 0 amide bonds. The van der Waals surface area contributed by atoms with Crippen LogP contribution in [0.25, 0.3) is 10.9 Å². The molecule has 90 valence electrons. The Balaban J connectivity index is 2.22. The maximum atomic E-state index is 4.39. The van der Waals surface area contributed by atoms with Crippen molar-refractivity contribution in [2.75, 3.05) is 18.5 Å². The van der Waals surface area contributed by atoms with Crippen LogP contribution in [-0.2, 0) is 0 Å². The zero-order valence-corrected chi connectivity index (χ0v) is 10.7. The largest absolute Gasteiger partial charge is 0.374 e. The van der Waals surface area contributed by atoms with Gasteiger partial charge in [-0.3, -0.25) is 4.98 Å². The molecule has 1 heterocycles. The highest BCUT2D eigenvalue weighted by Crippen LogP contribution is 2.24. The quantitative estimate of drug-likeness (QED) is 0.722. The standard InChI is InChI=1S/C15H20N2/c1-3-4-7-12-17(2)15-10-11-16-14-9-6-5-8-13(14)15/h5-6,8-11H,3-4,7,12H2,1-2H3. The minimum Gasteiger partial charge on any atom is -0.374 e. The molecule has 0 saturated heterocycles. The van der Waals surface area contributed by atoms with Crippen LogP contribution in [0.5, 0.6) is 0 Å². The van der Waals surface area contributed by atoms with E-state index >= 15 is 0 Å². The Morgan fingerprint density at radius 3 is 2.76 bits per heavy atom. The number of para-hydroxylation sites is 1. The van der Waals surface area contributed by atoms with E-state index in [2.05, 4.69) is 48.1 Å². The summed E-state index contributed by atoms with van der Waals surface area (Å²) in [5.74, 6) is 0. The molecule has 0 bridgehead atoms. The number of hydrogen-bond donors (Lipinski definition) is 0. The van der Waals surface area contributed by atoms with E-state index in [1.807, 2.05) is 12.3 Å². The topological polar surface area (TPSA) is 16.1 Å². The third-order valence-electron chi connectivity index (χ3n) is 3.13. The molecule has 1 aromatic heterocycles. The van der Waals surface area contributed by atoms with Gasteiger partial charge in [-0.1, -0.05) is 38.0 Å². The Kier molecular flexibility index (Phi) is 3.97. The van der Waals surface area contributed by atoms with Crippen LogP contribution in [0.1, 0.15) is 26.2 Å². The molecule has 0 N–H and O–H groups in total. The van der Waals surface area contributed by atoms with E-state index in [4.69, 9.17) is 0 Å². The molecule has 0 fully saturated rings. The highest BCUT2D eigenvalue weighted by atomic mass is 15.1. The van der Waals surface area contributed by atoms with E-state index in [1.54, 1.807) is 0 Å². The summed E-state index contributed by atoms with van der Waals surface area (Å²) >= 11 is 0. The molecule has 1 aromatic carbocycles. The van der Waals surface area contributed by atoms with E-state index < -0.39 is 0 Å². The molecule has 0 aliphatic heterocycles. The molecule has 2 rings (SSSR count). The van der Waals surface area contributed by atoms with Crippen LogP contribution in [0, 0.1) is 0 Å². The Morgan fingerprint density at radius 2 is 1.94 bits per heavy atom. The predicted molar refractivity (Wildman–Crippen MR) is 74.5 cm³/mol. The first-order valence-corrected chi connectivity index (χ1v) is 6.38. The highest BCUT2D eigenvalue weighted by Gasteiger charge is 2.05. The monoisotopic (exact) mass is 228 g/mol. The fourth-order valence-electron chi connectivity index (χ4n) is 2.13. The molecule has 0 radical (unpaired) electrons. The van der Waals surface area contributed by atoms with Gasteiger partial charge in [0.15, 0.2) is 0 Å². The molecule has 0 aliphatic rings. The van der Waals surface area contributed by atoms with Crippen LogP contribution in [0.15, 0.2) is 36.5 Å². The smallest absolute Gasteiger partial charge is 0.0722 e. The number of pyridine rings is 1. The number of benzene rings is 1. The van der Waals surface area contributed by atoms with Gasteiger partial charge in [0.25, 0.3) is 0 Å². The summed E-state index contributed by atoms with van der Waals surface area (Å²) in [6.45, 7) is 3.35. The number of unbranched alkanes of at least 4 members (excludes halogenated alkanes) is 2. The predicted octanol–water partition coefficient (Wildman–Crippen LogP) is 3.86. The molecule has 0 unspecified atom stereocenters. The van der Waals surface area contributed by atoms with Crippen LogP contribution < -0.4 is 4.90 Å². The van der Waals surface area contributed by atoms with E-state index in [1.165, 1.54) is 30.3 Å². The minimum atomic E-state index is 1.08. The summed E-state index contributed by atoms with van der Waals surface area (Å²) in [6.07, 6.45) is 5.72. The lowest BCUT2D eigenvalue weighted by atomic mass is 10.1. The molecule has 0 saturated carbocycles. The molecule has 2 heteroatoms.